The van der Waals surface area contributed by atoms with Gasteiger partial charge in [-0.1, -0.05) is 0 Å². The number of rotatable bonds is 1. The van der Waals surface area contributed by atoms with E-state index in [4.69, 9.17) is 14.6 Å². The van der Waals surface area contributed by atoms with Crippen LogP contribution in [0, 0.1) is 0 Å². The topological polar surface area (TPSA) is 140 Å². The zero-order valence-corrected chi connectivity index (χ0v) is 14.6. The Bertz CT molecular complexity index is 692. The number of hydrogen-bond donors (Lipinski definition) is 4. The number of H-pyrrole nitrogens is 1. The van der Waals surface area contributed by atoms with Gasteiger partial charge in [-0.15, -0.1) is 0 Å². The number of carbonyl (C=O) groups is 2. The van der Waals surface area contributed by atoms with Gasteiger partial charge in [0.05, 0.1) is 12.2 Å². The molecular formula is C17H24N2O7. The Morgan fingerprint density at radius 3 is 2.58 bits per heavy atom. The van der Waals surface area contributed by atoms with Gasteiger partial charge >= 0.3 is 0 Å². The molecule has 4 N–H and O–H groups in total. The van der Waals surface area contributed by atoms with E-state index in [9.17, 15) is 19.8 Å². The van der Waals surface area contributed by atoms with Gasteiger partial charge in [-0.05, 0) is 31.9 Å². The van der Waals surface area contributed by atoms with Crippen LogP contribution in [0.3, 0.4) is 0 Å². The summed E-state index contributed by atoms with van der Waals surface area (Å²) in [7, 11) is 0. The fourth-order valence-corrected chi connectivity index (χ4v) is 3.51. The Hall–Kier alpha value is -2.23. The van der Waals surface area contributed by atoms with Crippen molar-refractivity contribution >= 4 is 12.4 Å². The van der Waals surface area contributed by atoms with Crippen molar-refractivity contribution in [2.24, 2.45) is 0 Å². The van der Waals surface area contributed by atoms with Crippen LogP contribution in [0.1, 0.15) is 36.5 Å². The maximum atomic E-state index is 12.5. The molecule has 1 amide bonds. The second-order valence-corrected chi connectivity index (χ2v) is 6.73. The predicted molar refractivity (Wildman–Crippen MR) is 90.8 cm³/mol. The molecule has 26 heavy (non-hydrogen) atoms. The number of pyridine rings is 1. The number of aromatic nitrogens is 1. The molecule has 9 nitrogen and oxygen atoms in total. The highest BCUT2D eigenvalue weighted by molar-refractivity contribution is 5.93. The van der Waals surface area contributed by atoms with Gasteiger partial charge in [-0.25, -0.2) is 0 Å². The average molecular weight is 368 g/mol. The van der Waals surface area contributed by atoms with Gasteiger partial charge in [0.2, 0.25) is 0 Å². The van der Waals surface area contributed by atoms with Gasteiger partial charge in [0.1, 0.15) is 17.3 Å². The van der Waals surface area contributed by atoms with E-state index in [0.717, 1.165) is 0 Å². The van der Waals surface area contributed by atoms with Gasteiger partial charge in [0.15, 0.2) is 0 Å². The van der Waals surface area contributed by atoms with Crippen molar-refractivity contribution in [3.8, 4) is 0 Å². The highest BCUT2D eigenvalue weighted by Gasteiger charge is 2.52. The second-order valence-electron chi connectivity index (χ2n) is 6.73. The summed E-state index contributed by atoms with van der Waals surface area (Å²) < 4.78 is 5.80. The number of nitrogens with one attached hydrogen (secondary N) is 1. The Morgan fingerprint density at radius 2 is 2.00 bits per heavy atom. The standard InChI is InChI=1S/C16H22N2O5.CH2O2/c1-15(22)6-10-23-16(14(15)21)4-8-18(9-5-16)13(20)11-3-2-7-17-12(11)19;2-1-3/h2-3,7,14,21-22H,4-6,8-10H2,1H3,(H,17,19);1H,(H,2,3)/t14-,15+;/m0./s1. The van der Waals surface area contributed by atoms with Crippen LogP contribution < -0.4 is 5.56 Å². The van der Waals surface area contributed by atoms with Crippen LogP contribution in [-0.4, -0.2) is 74.6 Å². The molecule has 2 atom stereocenters. The molecule has 3 rings (SSSR count). The molecule has 0 unspecified atom stereocenters. The zero-order valence-electron chi connectivity index (χ0n) is 14.6. The molecule has 1 aromatic heterocycles. The number of aliphatic hydroxyl groups is 2. The number of piperidine rings is 1. The minimum Gasteiger partial charge on any atom is -0.483 e. The molecule has 0 aromatic carbocycles. The highest BCUT2D eigenvalue weighted by Crippen LogP contribution is 2.39. The largest absolute Gasteiger partial charge is 0.483 e. The highest BCUT2D eigenvalue weighted by atomic mass is 16.5. The van der Waals surface area contributed by atoms with Crippen LogP contribution in [0.15, 0.2) is 23.1 Å². The van der Waals surface area contributed by atoms with Crippen molar-refractivity contribution in [3.63, 3.8) is 0 Å². The summed E-state index contributed by atoms with van der Waals surface area (Å²) in [6.45, 7) is 2.50. The number of nitrogens with zero attached hydrogens (tertiary/aromatic N) is 1. The predicted octanol–water partition coefficient (Wildman–Crippen LogP) is -0.417. The van der Waals surface area contributed by atoms with Crippen LogP contribution >= 0.6 is 0 Å². The summed E-state index contributed by atoms with van der Waals surface area (Å²) in [5.41, 5.74) is -2.29. The van der Waals surface area contributed by atoms with Gasteiger partial charge < -0.3 is 29.9 Å². The summed E-state index contributed by atoms with van der Waals surface area (Å²) >= 11 is 0. The normalized spacial score (nSPS) is 27.3. The fourth-order valence-electron chi connectivity index (χ4n) is 3.51. The van der Waals surface area contributed by atoms with Gasteiger partial charge in [0.25, 0.3) is 17.9 Å². The molecule has 0 bridgehead atoms. The number of carbonyl (C=O) groups excluding carboxylic acids is 1. The first-order chi connectivity index (χ1) is 12.3. The van der Waals surface area contributed by atoms with Crippen LogP contribution in [0.25, 0.3) is 0 Å². The molecule has 1 spiro atoms. The van der Waals surface area contributed by atoms with E-state index in [1.54, 1.807) is 17.9 Å². The molecule has 2 saturated heterocycles. The van der Waals surface area contributed by atoms with Crippen molar-refractivity contribution in [1.82, 2.24) is 9.88 Å². The van der Waals surface area contributed by atoms with Gasteiger partial charge in [0, 0.05) is 25.7 Å². The first kappa shape index (κ1) is 20.1. The van der Waals surface area contributed by atoms with E-state index in [2.05, 4.69) is 4.98 Å². The van der Waals surface area contributed by atoms with Crippen LogP contribution in [0.5, 0.6) is 0 Å². The maximum absolute atomic E-state index is 12.5. The Morgan fingerprint density at radius 1 is 1.38 bits per heavy atom. The molecule has 2 aliphatic rings. The van der Waals surface area contributed by atoms with E-state index in [0.29, 0.717) is 39.0 Å². The quantitative estimate of drug-likeness (QED) is 0.494. The molecule has 0 aliphatic carbocycles. The summed E-state index contributed by atoms with van der Waals surface area (Å²) in [4.78, 5) is 36.6. The molecule has 144 valence electrons. The fraction of sp³-hybridized carbons (Fsp3) is 0.588. The van der Waals surface area contributed by atoms with Crippen molar-refractivity contribution in [2.45, 2.75) is 43.5 Å². The van der Waals surface area contributed by atoms with Crippen molar-refractivity contribution < 1.29 is 29.6 Å². The number of ether oxygens (including phenoxy) is 1. The van der Waals surface area contributed by atoms with E-state index >= 15 is 0 Å². The van der Waals surface area contributed by atoms with Crippen LogP contribution in [-0.2, 0) is 9.53 Å². The lowest BCUT2D eigenvalue weighted by Gasteiger charge is -2.51. The molecule has 1 aromatic rings. The molecule has 0 saturated carbocycles. The van der Waals surface area contributed by atoms with E-state index in [1.807, 2.05) is 0 Å². The minimum absolute atomic E-state index is 0.112. The van der Waals surface area contributed by atoms with Crippen LogP contribution in [0.4, 0.5) is 0 Å². The molecule has 9 heteroatoms. The number of amides is 1. The molecular weight excluding hydrogens is 344 g/mol. The first-order valence-corrected chi connectivity index (χ1v) is 8.36. The minimum atomic E-state index is -1.18. The van der Waals surface area contributed by atoms with E-state index in [1.165, 1.54) is 12.3 Å². The van der Waals surface area contributed by atoms with Gasteiger partial charge in [-0.3, -0.25) is 14.4 Å². The molecule has 2 aliphatic heterocycles. The molecule has 2 fully saturated rings. The first-order valence-electron chi connectivity index (χ1n) is 8.36. The summed E-state index contributed by atoms with van der Waals surface area (Å²) in [6, 6.07) is 3.12. The second kappa shape index (κ2) is 7.98. The third-order valence-corrected chi connectivity index (χ3v) is 5.03. The zero-order chi connectivity index (χ0) is 19.4. The van der Waals surface area contributed by atoms with Crippen molar-refractivity contribution in [2.75, 3.05) is 19.7 Å². The van der Waals surface area contributed by atoms with Gasteiger partial charge in [-0.2, -0.15) is 0 Å². The lowest BCUT2D eigenvalue weighted by atomic mass is 9.75. The van der Waals surface area contributed by atoms with Crippen molar-refractivity contribution in [3.05, 3.63) is 34.2 Å². The number of aromatic amines is 1. The number of aliphatic hydroxyl groups excluding tert-OH is 1. The summed E-state index contributed by atoms with van der Waals surface area (Å²) in [5.74, 6) is -0.321. The lowest BCUT2D eigenvalue weighted by Crippen LogP contribution is -2.64. The third kappa shape index (κ3) is 3.95. The van der Waals surface area contributed by atoms with E-state index in [-0.39, 0.29) is 17.9 Å². The Balaban J connectivity index is 0.000000758. The Labute approximate surface area is 150 Å². The lowest BCUT2D eigenvalue weighted by molar-refractivity contribution is -0.244. The number of carboxylic acid groups (broad SMARTS) is 1. The maximum Gasteiger partial charge on any atom is 0.290 e. The molecule has 3 heterocycles. The van der Waals surface area contributed by atoms with E-state index < -0.39 is 22.9 Å². The summed E-state index contributed by atoms with van der Waals surface area (Å²) in [6.07, 6.45) is 1.75. The third-order valence-electron chi connectivity index (χ3n) is 5.03. The van der Waals surface area contributed by atoms with Crippen molar-refractivity contribution in [1.29, 1.82) is 0 Å². The average Bonchev–Trinajstić information content (AvgIpc) is 2.61. The monoisotopic (exact) mass is 368 g/mol. The Kier molecular flexibility index (Phi) is 6.17. The smallest absolute Gasteiger partial charge is 0.290 e. The number of hydrogen-bond acceptors (Lipinski definition) is 6. The summed E-state index contributed by atoms with van der Waals surface area (Å²) in [5, 5.41) is 27.6. The SMILES string of the molecule is C[C@@]1(O)CCOC2(CCN(C(=O)c3ccc[nH]c3=O)CC2)[C@H]1O.O=CO. The molecule has 0 radical (unpaired) electrons. The van der Waals surface area contributed by atoms with Crippen LogP contribution in [0.2, 0.25) is 0 Å². The number of likely N-dealkylation sites (tertiary alicyclic amines) is 1.